The molecular formula is C22H31IN4O3S. The van der Waals surface area contributed by atoms with E-state index in [0.29, 0.717) is 11.4 Å². The number of methoxy groups -OCH3 is 1. The van der Waals surface area contributed by atoms with Crippen LogP contribution in [-0.4, -0.2) is 65.4 Å². The van der Waals surface area contributed by atoms with Gasteiger partial charge in [-0.25, -0.2) is 13.4 Å². The molecule has 1 fully saturated rings. The summed E-state index contributed by atoms with van der Waals surface area (Å²) in [5, 5.41) is 3.37. The van der Waals surface area contributed by atoms with Crippen LogP contribution in [0.3, 0.4) is 0 Å². The molecular weight excluding hydrogens is 527 g/mol. The Bertz CT molecular complexity index is 955. The van der Waals surface area contributed by atoms with Crippen LogP contribution in [0.1, 0.15) is 12.5 Å². The van der Waals surface area contributed by atoms with Crippen LogP contribution in [0.25, 0.3) is 0 Å². The first-order chi connectivity index (χ1) is 14.4. The van der Waals surface area contributed by atoms with Gasteiger partial charge >= 0.3 is 0 Å². The highest BCUT2D eigenvalue weighted by Gasteiger charge is 2.20. The smallest absolute Gasteiger partial charge is 0.194 e. The van der Waals surface area contributed by atoms with Crippen molar-refractivity contribution in [2.75, 3.05) is 51.0 Å². The van der Waals surface area contributed by atoms with Crippen LogP contribution in [0.15, 0.2) is 58.4 Å². The molecule has 0 aromatic heterocycles. The second-order valence-corrected chi connectivity index (χ2v) is 9.27. The summed E-state index contributed by atoms with van der Waals surface area (Å²) >= 11 is 0. The fourth-order valence-corrected chi connectivity index (χ4v) is 4.03. The number of aliphatic imine (C=N–C) groups is 1. The molecule has 1 N–H and O–H groups in total. The molecule has 170 valence electrons. The van der Waals surface area contributed by atoms with E-state index in [-0.39, 0.29) is 24.0 Å². The van der Waals surface area contributed by atoms with Gasteiger partial charge in [-0.1, -0.05) is 12.1 Å². The summed E-state index contributed by atoms with van der Waals surface area (Å²) in [5.74, 6) is 1.75. The molecule has 2 aromatic carbocycles. The van der Waals surface area contributed by atoms with Crippen LogP contribution < -0.4 is 15.0 Å². The molecule has 1 heterocycles. The van der Waals surface area contributed by atoms with E-state index < -0.39 is 9.84 Å². The molecule has 31 heavy (non-hydrogen) atoms. The molecule has 0 unspecified atom stereocenters. The van der Waals surface area contributed by atoms with Crippen LogP contribution in [0.2, 0.25) is 0 Å². The number of anilines is 1. The predicted molar refractivity (Wildman–Crippen MR) is 137 cm³/mol. The lowest BCUT2D eigenvalue weighted by Crippen LogP contribution is -2.52. The Kier molecular flexibility index (Phi) is 9.42. The second-order valence-electron chi connectivity index (χ2n) is 7.26. The molecule has 7 nitrogen and oxygen atoms in total. The molecule has 0 bridgehead atoms. The van der Waals surface area contributed by atoms with E-state index in [1.165, 1.54) is 11.9 Å². The van der Waals surface area contributed by atoms with Gasteiger partial charge in [-0.2, -0.15) is 0 Å². The topological polar surface area (TPSA) is 74.2 Å². The van der Waals surface area contributed by atoms with Gasteiger partial charge in [0.2, 0.25) is 0 Å². The Morgan fingerprint density at radius 1 is 1.03 bits per heavy atom. The van der Waals surface area contributed by atoms with Crippen LogP contribution in [0, 0.1) is 0 Å². The number of nitrogens with one attached hydrogen (secondary N) is 1. The fraction of sp³-hybridized carbons (Fsp3) is 0.409. The average Bonchev–Trinajstić information content (AvgIpc) is 2.76. The second kappa shape index (κ2) is 11.6. The maximum absolute atomic E-state index is 11.6. The third-order valence-corrected chi connectivity index (χ3v) is 6.24. The van der Waals surface area contributed by atoms with Gasteiger partial charge in [0.15, 0.2) is 15.8 Å². The van der Waals surface area contributed by atoms with Crippen LogP contribution >= 0.6 is 24.0 Å². The number of ether oxygens (including phenoxy) is 1. The zero-order valence-corrected chi connectivity index (χ0v) is 21.4. The highest BCUT2D eigenvalue weighted by molar-refractivity contribution is 14.0. The number of guanidine groups is 1. The highest BCUT2D eigenvalue weighted by Crippen LogP contribution is 2.20. The number of piperazine rings is 1. The zero-order valence-electron chi connectivity index (χ0n) is 18.2. The summed E-state index contributed by atoms with van der Waals surface area (Å²) in [7, 11) is -1.50. The number of hydrogen-bond acceptors (Lipinski definition) is 5. The van der Waals surface area contributed by atoms with Gasteiger partial charge in [-0.3, -0.25) is 0 Å². The molecule has 3 rings (SSSR count). The summed E-state index contributed by atoms with van der Waals surface area (Å²) in [6.45, 7) is 6.95. The first-order valence-corrected chi connectivity index (χ1v) is 12.0. The number of halogens is 1. The number of hydrogen-bond donors (Lipinski definition) is 1. The van der Waals surface area contributed by atoms with E-state index in [4.69, 9.17) is 9.73 Å². The summed E-state index contributed by atoms with van der Waals surface area (Å²) in [6, 6.07) is 15.1. The van der Waals surface area contributed by atoms with E-state index in [1.54, 1.807) is 19.2 Å². The van der Waals surface area contributed by atoms with Crippen molar-refractivity contribution in [3.05, 3.63) is 54.1 Å². The summed E-state index contributed by atoms with van der Waals surface area (Å²) in [6.07, 6.45) is 1.22. The maximum atomic E-state index is 11.6. The molecule has 1 aliphatic rings. The van der Waals surface area contributed by atoms with Gasteiger partial charge in [0.05, 0.1) is 18.6 Å². The van der Waals surface area contributed by atoms with Crippen molar-refractivity contribution in [2.24, 2.45) is 4.99 Å². The molecule has 2 aromatic rings. The molecule has 1 aliphatic heterocycles. The molecule has 0 atom stereocenters. The Hall–Kier alpha value is -2.01. The molecule has 9 heteroatoms. The highest BCUT2D eigenvalue weighted by atomic mass is 127. The Labute approximate surface area is 202 Å². The van der Waals surface area contributed by atoms with Crippen molar-refractivity contribution >= 4 is 45.5 Å². The Morgan fingerprint density at radius 3 is 2.16 bits per heavy atom. The monoisotopic (exact) mass is 558 g/mol. The molecule has 0 aliphatic carbocycles. The summed E-state index contributed by atoms with van der Waals surface area (Å²) in [4.78, 5) is 9.73. The van der Waals surface area contributed by atoms with Gasteiger partial charge in [-0.15, -0.1) is 24.0 Å². The van der Waals surface area contributed by atoms with Crippen LogP contribution in [0.5, 0.6) is 5.75 Å². The number of rotatable bonds is 6. The van der Waals surface area contributed by atoms with Crippen LogP contribution in [-0.2, 0) is 16.4 Å². The maximum Gasteiger partial charge on any atom is 0.194 e. The average molecular weight is 558 g/mol. The van der Waals surface area contributed by atoms with Gasteiger partial charge < -0.3 is 19.9 Å². The molecule has 1 saturated heterocycles. The number of benzene rings is 2. The lowest BCUT2D eigenvalue weighted by atomic mass is 10.2. The van der Waals surface area contributed by atoms with Crippen molar-refractivity contribution in [1.82, 2.24) is 10.2 Å². The number of sulfone groups is 1. The minimum Gasteiger partial charge on any atom is -0.497 e. The SMILES string of the molecule is CCNC(=NCc1ccc(S(C)(=O)=O)cc1)N1CCN(c2ccc(OC)cc2)CC1.I. The van der Waals surface area contributed by atoms with E-state index >= 15 is 0 Å². The third kappa shape index (κ3) is 6.99. The van der Waals surface area contributed by atoms with Crippen molar-refractivity contribution < 1.29 is 13.2 Å². The Morgan fingerprint density at radius 2 is 1.65 bits per heavy atom. The zero-order chi connectivity index (χ0) is 21.6. The minimum atomic E-state index is -3.18. The third-order valence-electron chi connectivity index (χ3n) is 5.11. The van der Waals surface area contributed by atoms with E-state index in [1.807, 2.05) is 24.3 Å². The van der Waals surface area contributed by atoms with Gasteiger partial charge in [0, 0.05) is 44.7 Å². The predicted octanol–water partition coefficient (Wildman–Crippen LogP) is 3.00. The normalized spacial score (nSPS) is 14.7. The lowest BCUT2D eigenvalue weighted by Gasteiger charge is -2.37. The van der Waals surface area contributed by atoms with E-state index in [2.05, 4.69) is 34.2 Å². The first-order valence-electron chi connectivity index (χ1n) is 10.1. The molecule has 0 saturated carbocycles. The summed E-state index contributed by atoms with van der Waals surface area (Å²) < 4.78 is 28.5. The van der Waals surface area contributed by atoms with E-state index in [9.17, 15) is 8.42 Å². The first kappa shape index (κ1) is 25.3. The molecule has 0 radical (unpaired) electrons. The van der Waals surface area contributed by atoms with Crippen LogP contribution in [0.4, 0.5) is 5.69 Å². The van der Waals surface area contributed by atoms with Gasteiger partial charge in [0.1, 0.15) is 5.75 Å². The van der Waals surface area contributed by atoms with Crippen molar-refractivity contribution in [1.29, 1.82) is 0 Å². The van der Waals surface area contributed by atoms with Crippen molar-refractivity contribution in [2.45, 2.75) is 18.4 Å². The lowest BCUT2D eigenvalue weighted by molar-refractivity contribution is 0.372. The van der Waals surface area contributed by atoms with Gasteiger partial charge in [-0.05, 0) is 48.9 Å². The summed E-state index contributed by atoms with van der Waals surface area (Å²) in [5.41, 5.74) is 2.18. The van der Waals surface area contributed by atoms with E-state index in [0.717, 1.165) is 50.0 Å². The largest absolute Gasteiger partial charge is 0.497 e. The van der Waals surface area contributed by atoms with Crippen molar-refractivity contribution in [3.8, 4) is 5.75 Å². The van der Waals surface area contributed by atoms with Crippen molar-refractivity contribution in [3.63, 3.8) is 0 Å². The quantitative estimate of drug-likeness (QED) is 0.334. The van der Waals surface area contributed by atoms with Gasteiger partial charge in [0.25, 0.3) is 0 Å². The standard InChI is InChI=1S/C22H30N4O3S.HI/c1-4-23-22(24-17-18-5-11-21(12-6-18)30(3,27)28)26-15-13-25(14-16-26)19-7-9-20(29-2)10-8-19;/h5-12H,4,13-17H2,1-3H3,(H,23,24);1H. The Balaban J connectivity index is 0.00000341. The number of nitrogens with zero attached hydrogens (tertiary/aromatic N) is 3. The fourth-order valence-electron chi connectivity index (χ4n) is 3.40. The molecule has 0 amide bonds. The molecule has 0 spiro atoms. The minimum absolute atomic E-state index is 0.